The predicted molar refractivity (Wildman–Crippen MR) is 136 cm³/mol. The van der Waals surface area contributed by atoms with Gasteiger partial charge in [-0.1, -0.05) is 24.3 Å². The molecule has 0 amide bonds. The SMILES string of the molecule is COc1cccc(N2C(=S)N[C@H](c3ccccn3)[C@@H]2c2cc(C)n(-c3ccccc3F)c2C)c1. The standard InChI is InChI=1S/C27H25FN4OS/c1-17-15-21(18(2)31(17)24-13-5-4-11-22(24)28)26-25(23-12-6-7-14-29-23)30-27(34)32(26)19-9-8-10-20(16-19)33-3/h4-16,25-26H,1-3H3,(H,30,34)/t25-,26+/m1/s1. The lowest BCUT2D eigenvalue weighted by Gasteiger charge is -2.28. The molecule has 1 N–H and O–H groups in total. The van der Waals surface area contributed by atoms with Gasteiger partial charge >= 0.3 is 0 Å². The van der Waals surface area contributed by atoms with E-state index < -0.39 is 0 Å². The quantitative estimate of drug-likeness (QED) is 0.371. The van der Waals surface area contributed by atoms with E-state index in [9.17, 15) is 4.39 Å². The van der Waals surface area contributed by atoms with Gasteiger partial charge in [-0.05, 0) is 74.1 Å². The van der Waals surface area contributed by atoms with Crippen LogP contribution in [0.5, 0.6) is 5.75 Å². The number of hydrogen-bond acceptors (Lipinski definition) is 3. The first-order chi connectivity index (χ1) is 16.5. The molecule has 5 rings (SSSR count). The lowest BCUT2D eigenvalue weighted by Crippen LogP contribution is -2.29. The molecule has 172 valence electrons. The van der Waals surface area contributed by atoms with Crippen molar-refractivity contribution < 1.29 is 9.13 Å². The zero-order chi connectivity index (χ0) is 23.8. The molecular weight excluding hydrogens is 447 g/mol. The molecule has 7 heteroatoms. The number of hydrogen-bond donors (Lipinski definition) is 1. The highest BCUT2D eigenvalue weighted by Crippen LogP contribution is 2.44. The molecule has 4 aromatic rings. The first kappa shape index (κ1) is 22.1. The van der Waals surface area contributed by atoms with Gasteiger partial charge in [-0.25, -0.2) is 4.39 Å². The van der Waals surface area contributed by atoms with Crippen molar-refractivity contribution in [2.75, 3.05) is 12.0 Å². The van der Waals surface area contributed by atoms with Crippen LogP contribution in [0.1, 0.15) is 34.7 Å². The highest BCUT2D eigenvalue weighted by Gasteiger charge is 2.42. The molecule has 2 aromatic heterocycles. The Balaban J connectivity index is 1.70. The summed E-state index contributed by atoms with van der Waals surface area (Å²) in [4.78, 5) is 6.73. The van der Waals surface area contributed by atoms with Crippen LogP contribution in [0.4, 0.5) is 10.1 Å². The van der Waals surface area contributed by atoms with Crippen LogP contribution in [0.15, 0.2) is 79.0 Å². The van der Waals surface area contributed by atoms with Gasteiger partial charge in [0.25, 0.3) is 0 Å². The van der Waals surface area contributed by atoms with E-state index in [2.05, 4.69) is 21.3 Å². The van der Waals surface area contributed by atoms with Gasteiger partial charge in [0.2, 0.25) is 0 Å². The van der Waals surface area contributed by atoms with Gasteiger partial charge in [0, 0.05) is 29.3 Å². The van der Waals surface area contributed by atoms with E-state index >= 15 is 0 Å². The summed E-state index contributed by atoms with van der Waals surface area (Å²) in [6.07, 6.45) is 1.79. The molecular formula is C27H25FN4OS. The van der Waals surface area contributed by atoms with Crippen LogP contribution in [0.2, 0.25) is 0 Å². The highest BCUT2D eigenvalue weighted by atomic mass is 32.1. The maximum atomic E-state index is 14.8. The smallest absolute Gasteiger partial charge is 0.174 e. The Morgan fingerprint density at radius 3 is 2.53 bits per heavy atom. The number of anilines is 1. The summed E-state index contributed by atoms with van der Waals surface area (Å²) in [5.74, 6) is 0.485. The molecule has 5 nitrogen and oxygen atoms in total. The number of pyridine rings is 1. The fraction of sp³-hybridized carbons (Fsp3) is 0.185. The molecule has 0 bridgehead atoms. The normalized spacial score (nSPS) is 17.6. The highest BCUT2D eigenvalue weighted by molar-refractivity contribution is 7.80. The number of halogens is 1. The molecule has 0 aliphatic carbocycles. The topological polar surface area (TPSA) is 42.3 Å². The van der Waals surface area contributed by atoms with Crippen LogP contribution < -0.4 is 15.0 Å². The molecule has 1 fully saturated rings. The van der Waals surface area contributed by atoms with E-state index in [1.54, 1.807) is 25.4 Å². The van der Waals surface area contributed by atoms with Crippen molar-refractivity contribution in [3.05, 3.63) is 107 Å². The molecule has 0 unspecified atom stereocenters. The number of thiocarbonyl (C=S) groups is 1. The Hall–Kier alpha value is -3.71. The maximum Gasteiger partial charge on any atom is 0.174 e. The van der Waals surface area contributed by atoms with Crippen molar-refractivity contribution >= 4 is 23.0 Å². The molecule has 34 heavy (non-hydrogen) atoms. The zero-order valence-electron chi connectivity index (χ0n) is 19.2. The van der Waals surface area contributed by atoms with E-state index in [4.69, 9.17) is 17.0 Å². The van der Waals surface area contributed by atoms with Crippen molar-refractivity contribution in [1.82, 2.24) is 14.9 Å². The van der Waals surface area contributed by atoms with E-state index in [0.717, 1.165) is 34.1 Å². The number of benzene rings is 2. The van der Waals surface area contributed by atoms with Gasteiger partial charge in [0.1, 0.15) is 11.6 Å². The van der Waals surface area contributed by atoms with Gasteiger partial charge in [-0.3, -0.25) is 4.98 Å². The van der Waals surface area contributed by atoms with E-state index in [1.807, 2.05) is 66.9 Å². The van der Waals surface area contributed by atoms with Crippen molar-refractivity contribution in [2.45, 2.75) is 25.9 Å². The van der Waals surface area contributed by atoms with Crippen LogP contribution in [-0.2, 0) is 0 Å². The Labute approximate surface area is 203 Å². The largest absolute Gasteiger partial charge is 0.497 e. The number of nitrogens with one attached hydrogen (secondary N) is 1. The molecule has 0 spiro atoms. The molecule has 1 saturated heterocycles. The Morgan fingerprint density at radius 1 is 1.00 bits per heavy atom. The van der Waals surface area contributed by atoms with Gasteiger partial charge in [-0.2, -0.15) is 0 Å². The third kappa shape index (κ3) is 3.72. The van der Waals surface area contributed by atoms with E-state index in [0.29, 0.717) is 10.8 Å². The van der Waals surface area contributed by atoms with Crippen molar-refractivity contribution in [3.8, 4) is 11.4 Å². The second-order valence-electron chi connectivity index (χ2n) is 8.31. The van der Waals surface area contributed by atoms with Crippen LogP contribution in [0, 0.1) is 19.7 Å². The van der Waals surface area contributed by atoms with Crippen LogP contribution in [-0.4, -0.2) is 21.8 Å². The first-order valence-electron chi connectivity index (χ1n) is 11.1. The minimum atomic E-state index is -0.262. The number of aryl methyl sites for hydroxylation is 1. The van der Waals surface area contributed by atoms with E-state index in [-0.39, 0.29) is 17.9 Å². The fourth-order valence-corrected chi connectivity index (χ4v) is 5.15. The third-order valence-corrected chi connectivity index (χ3v) is 6.63. The van der Waals surface area contributed by atoms with Gasteiger partial charge < -0.3 is 19.5 Å². The lowest BCUT2D eigenvalue weighted by atomic mass is 9.96. The molecule has 1 aliphatic heterocycles. The predicted octanol–water partition coefficient (Wildman–Crippen LogP) is 5.81. The molecule has 2 aromatic carbocycles. The summed E-state index contributed by atoms with van der Waals surface area (Å²) in [6, 6.07) is 22.3. The monoisotopic (exact) mass is 472 g/mol. The van der Waals surface area contributed by atoms with Gasteiger partial charge in [0.15, 0.2) is 5.11 Å². The summed E-state index contributed by atoms with van der Waals surface area (Å²) in [6.45, 7) is 4.02. The summed E-state index contributed by atoms with van der Waals surface area (Å²) < 4.78 is 22.2. The van der Waals surface area contributed by atoms with Crippen molar-refractivity contribution in [3.63, 3.8) is 0 Å². The summed E-state index contributed by atoms with van der Waals surface area (Å²) in [5, 5.41) is 4.08. The van der Waals surface area contributed by atoms with Crippen molar-refractivity contribution in [1.29, 1.82) is 0 Å². The maximum absolute atomic E-state index is 14.8. The minimum absolute atomic E-state index is 0.186. The number of para-hydroxylation sites is 1. The van der Waals surface area contributed by atoms with Crippen LogP contribution in [0.25, 0.3) is 5.69 Å². The number of methoxy groups -OCH3 is 1. The average Bonchev–Trinajstić information content (AvgIpc) is 3.35. The fourth-order valence-electron chi connectivity index (χ4n) is 4.80. The van der Waals surface area contributed by atoms with Gasteiger partial charge in [0.05, 0.1) is 30.6 Å². The lowest BCUT2D eigenvalue weighted by molar-refractivity contribution is 0.415. The van der Waals surface area contributed by atoms with Gasteiger partial charge in [-0.15, -0.1) is 0 Å². The third-order valence-electron chi connectivity index (χ3n) is 6.31. The summed E-state index contributed by atoms with van der Waals surface area (Å²) >= 11 is 5.83. The number of rotatable bonds is 5. The number of nitrogens with zero attached hydrogens (tertiary/aromatic N) is 3. The molecule has 3 heterocycles. The Kier molecular flexibility index (Phi) is 5.79. The second-order valence-corrected chi connectivity index (χ2v) is 8.70. The zero-order valence-corrected chi connectivity index (χ0v) is 20.0. The van der Waals surface area contributed by atoms with Crippen molar-refractivity contribution in [2.24, 2.45) is 0 Å². The summed E-state index contributed by atoms with van der Waals surface area (Å²) in [5.41, 5.74) is 5.27. The molecule has 0 saturated carbocycles. The number of ether oxygens (including phenoxy) is 1. The second kappa shape index (κ2) is 8.91. The minimum Gasteiger partial charge on any atom is -0.497 e. The molecule has 0 radical (unpaired) electrons. The van der Waals surface area contributed by atoms with Crippen LogP contribution >= 0.6 is 12.2 Å². The average molecular weight is 473 g/mol. The number of aromatic nitrogens is 2. The van der Waals surface area contributed by atoms with Crippen LogP contribution in [0.3, 0.4) is 0 Å². The Bertz CT molecular complexity index is 1350. The van der Waals surface area contributed by atoms with E-state index in [1.165, 1.54) is 6.07 Å². The first-order valence-corrected chi connectivity index (χ1v) is 11.5. The molecule has 2 atom stereocenters. The molecule has 1 aliphatic rings. The Morgan fingerprint density at radius 2 is 1.79 bits per heavy atom. The summed E-state index contributed by atoms with van der Waals surface area (Å²) in [7, 11) is 1.65.